The number of nitrogens with one attached hydrogen (secondary N) is 1. The average molecular weight is 301 g/mol. The van der Waals surface area contributed by atoms with Gasteiger partial charge in [-0.1, -0.05) is 13.8 Å². The summed E-state index contributed by atoms with van der Waals surface area (Å²) in [6, 6.07) is 2.25. The SMILES string of the molecule is CC(C)c1cc(C(=O)N(C)C2CCNCC2)nn1C.Cl. The summed E-state index contributed by atoms with van der Waals surface area (Å²) >= 11 is 0. The van der Waals surface area contributed by atoms with Crippen LogP contribution in [0.4, 0.5) is 0 Å². The lowest BCUT2D eigenvalue weighted by atomic mass is 10.0. The first-order valence-corrected chi connectivity index (χ1v) is 7.02. The molecule has 1 aliphatic rings. The monoisotopic (exact) mass is 300 g/mol. The number of aromatic nitrogens is 2. The molecule has 0 saturated carbocycles. The maximum atomic E-state index is 12.5. The van der Waals surface area contributed by atoms with Crippen LogP contribution in [0.1, 0.15) is 48.8 Å². The standard InChI is InChI=1S/C14H24N4O.ClH/c1-10(2)13-9-12(16-18(13)4)14(19)17(3)11-5-7-15-8-6-11;/h9-11,15H,5-8H2,1-4H3;1H. The fourth-order valence-electron chi connectivity index (χ4n) is 2.67. The van der Waals surface area contributed by atoms with Crippen molar-refractivity contribution in [1.29, 1.82) is 0 Å². The lowest BCUT2D eigenvalue weighted by molar-refractivity contribution is 0.0696. The molecule has 1 aromatic rings. The molecule has 0 aromatic carbocycles. The van der Waals surface area contributed by atoms with Gasteiger partial charge in [-0.3, -0.25) is 9.48 Å². The molecular weight excluding hydrogens is 276 g/mol. The quantitative estimate of drug-likeness (QED) is 0.926. The van der Waals surface area contributed by atoms with E-state index in [0.717, 1.165) is 31.6 Å². The predicted molar refractivity (Wildman–Crippen MR) is 82.5 cm³/mol. The number of carbonyl (C=O) groups excluding carboxylic acids is 1. The maximum Gasteiger partial charge on any atom is 0.274 e. The van der Waals surface area contributed by atoms with Crippen molar-refractivity contribution in [2.45, 2.75) is 38.6 Å². The zero-order valence-corrected chi connectivity index (χ0v) is 13.5. The van der Waals surface area contributed by atoms with Crippen LogP contribution in [0, 0.1) is 0 Å². The highest BCUT2D eigenvalue weighted by Gasteiger charge is 2.25. The number of halogens is 1. The molecule has 114 valence electrons. The second kappa shape index (κ2) is 7.09. The van der Waals surface area contributed by atoms with Crippen LogP contribution in [0.25, 0.3) is 0 Å². The first-order chi connectivity index (χ1) is 9.00. The van der Waals surface area contributed by atoms with Crippen molar-refractivity contribution in [3.63, 3.8) is 0 Å². The Kier molecular flexibility index (Phi) is 6.02. The number of hydrogen-bond acceptors (Lipinski definition) is 3. The molecule has 1 amide bonds. The molecule has 5 nitrogen and oxygen atoms in total. The lowest BCUT2D eigenvalue weighted by Crippen LogP contribution is -2.44. The van der Waals surface area contributed by atoms with Crippen LogP contribution in [0.2, 0.25) is 0 Å². The summed E-state index contributed by atoms with van der Waals surface area (Å²) in [5.41, 5.74) is 1.66. The summed E-state index contributed by atoms with van der Waals surface area (Å²) in [5, 5.41) is 7.68. The molecule has 1 aromatic heterocycles. The molecule has 2 rings (SSSR count). The molecular formula is C14H25ClN4O. The van der Waals surface area contributed by atoms with E-state index >= 15 is 0 Å². The zero-order valence-electron chi connectivity index (χ0n) is 12.7. The van der Waals surface area contributed by atoms with E-state index in [9.17, 15) is 4.79 Å². The van der Waals surface area contributed by atoms with Crippen molar-refractivity contribution in [3.8, 4) is 0 Å². The molecule has 0 aliphatic carbocycles. The van der Waals surface area contributed by atoms with Gasteiger partial charge in [-0.15, -0.1) is 12.4 Å². The first-order valence-electron chi connectivity index (χ1n) is 7.02. The van der Waals surface area contributed by atoms with Gasteiger partial charge in [0, 0.05) is 25.8 Å². The minimum Gasteiger partial charge on any atom is -0.337 e. The molecule has 0 atom stereocenters. The highest BCUT2D eigenvalue weighted by Crippen LogP contribution is 2.18. The van der Waals surface area contributed by atoms with Gasteiger partial charge in [0.25, 0.3) is 5.91 Å². The summed E-state index contributed by atoms with van der Waals surface area (Å²) in [6.45, 7) is 6.20. The second-order valence-corrected chi connectivity index (χ2v) is 5.63. The summed E-state index contributed by atoms with van der Waals surface area (Å²) in [6.07, 6.45) is 2.04. The van der Waals surface area contributed by atoms with Gasteiger partial charge < -0.3 is 10.2 Å². The normalized spacial score (nSPS) is 16.1. The van der Waals surface area contributed by atoms with Crippen molar-refractivity contribution >= 4 is 18.3 Å². The van der Waals surface area contributed by atoms with Gasteiger partial charge in [-0.25, -0.2) is 0 Å². The van der Waals surface area contributed by atoms with E-state index in [-0.39, 0.29) is 18.3 Å². The van der Waals surface area contributed by atoms with E-state index in [2.05, 4.69) is 24.3 Å². The third-order valence-electron chi connectivity index (χ3n) is 3.90. The largest absolute Gasteiger partial charge is 0.337 e. The summed E-state index contributed by atoms with van der Waals surface area (Å²) in [4.78, 5) is 14.3. The van der Waals surface area contributed by atoms with Crippen molar-refractivity contribution in [1.82, 2.24) is 20.0 Å². The number of amides is 1. The molecule has 0 unspecified atom stereocenters. The Morgan fingerprint density at radius 2 is 2.05 bits per heavy atom. The van der Waals surface area contributed by atoms with Gasteiger partial charge in [0.15, 0.2) is 5.69 Å². The number of aryl methyl sites for hydroxylation is 1. The minimum absolute atomic E-state index is 0. The van der Waals surface area contributed by atoms with E-state index in [0.29, 0.717) is 17.7 Å². The van der Waals surface area contributed by atoms with Crippen LogP contribution in [0.5, 0.6) is 0 Å². The smallest absolute Gasteiger partial charge is 0.274 e. The number of nitrogens with zero attached hydrogens (tertiary/aromatic N) is 3. The van der Waals surface area contributed by atoms with Crippen LogP contribution >= 0.6 is 12.4 Å². The van der Waals surface area contributed by atoms with E-state index in [1.165, 1.54) is 0 Å². The maximum absolute atomic E-state index is 12.5. The van der Waals surface area contributed by atoms with Gasteiger partial charge in [-0.05, 0) is 37.9 Å². The molecule has 1 aliphatic heterocycles. The Morgan fingerprint density at radius 3 is 2.55 bits per heavy atom. The average Bonchev–Trinajstić information content (AvgIpc) is 2.80. The van der Waals surface area contributed by atoms with E-state index in [1.807, 2.05) is 29.7 Å². The van der Waals surface area contributed by atoms with Crippen LogP contribution in [-0.4, -0.2) is 46.8 Å². The third kappa shape index (κ3) is 3.52. The lowest BCUT2D eigenvalue weighted by Gasteiger charge is -2.31. The predicted octanol–water partition coefficient (Wildman–Crippen LogP) is 1.79. The van der Waals surface area contributed by atoms with Crippen molar-refractivity contribution in [2.24, 2.45) is 7.05 Å². The Morgan fingerprint density at radius 1 is 1.45 bits per heavy atom. The molecule has 1 saturated heterocycles. The Bertz CT molecular complexity index is 452. The van der Waals surface area contributed by atoms with Crippen LogP contribution in [-0.2, 0) is 7.05 Å². The molecule has 1 N–H and O–H groups in total. The van der Waals surface area contributed by atoms with E-state index < -0.39 is 0 Å². The van der Waals surface area contributed by atoms with Crippen molar-refractivity contribution < 1.29 is 4.79 Å². The van der Waals surface area contributed by atoms with Gasteiger partial charge in [0.05, 0.1) is 0 Å². The zero-order chi connectivity index (χ0) is 14.0. The highest BCUT2D eigenvalue weighted by molar-refractivity contribution is 5.92. The van der Waals surface area contributed by atoms with Gasteiger partial charge >= 0.3 is 0 Å². The molecule has 0 radical (unpaired) electrons. The Balaban J connectivity index is 0.00000200. The molecule has 1 fully saturated rings. The number of carbonyl (C=O) groups is 1. The molecule has 2 heterocycles. The van der Waals surface area contributed by atoms with Crippen molar-refractivity contribution in [3.05, 3.63) is 17.5 Å². The Hall–Kier alpha value is -1.07. The highest BCUT2D eigenvalue weighted by atomic mass is 35.5. The van der Waals surface area contributed by atoms with Gasteiger partial charge in [0.2, 0.25) is 0 Å². The first kappa shape index (κ1) is 17.0. The van der Waals surface area contributed by atoms with E-state index in [1.54, 1.807) is 0 Å². The van der Waals surface area contributed by atoms with Crippen molar-refractivity contribution in [2.75, 3.05) is 20.1 Å². The molecule has 0 bridgehead atoms. The third-order valence-corrected chi connectivity index (χ3v) is 3.90. The van der Waals surface area contributed by atoms with Crippen LogP contribution in [0.3, 0.4) is 0 Å². The number of piperidine rings is 1. The van der Waals surface area contributed by atoms with Gasteiger partial charge in [-0.2, -0.15) is 5.10 Å². The van der Waals surface area contributed by atoms with E-state index in [4.69, 9.17) is 0 Å². The summed E-state index contributed by atoms with van der Waals surface area (Å²) in [5.74, 6) is 0.414. The number of rotatable bonds is 3. The molecule has 6 heteroatoms. The summed E-state index contributed by atoms with van der Waals surface area (Å²) < 4.78 is 1.81. The topological polar surface area (TPSA) is 50.2 Å². The second-order valence-electron chi connectivity index (χ2n) is 5.63. The fraction of sp³-hybridized carbons (Fsp3) is 0.714. The van der Waals surface area contributed by atoms with Crippen LogP contribution in [0.15, 0.2) is 6.07 Å². The van der Waals surface area contributed by atoms with Crippen LogP contribution < -0.4 is 5.32 Å². The molecule has 0 spiro atoms. The van der Waals surface area contributed by atoms with Gasteiger partial charge in [0.1, 0.15) is 0 Å². The number of hydrogen-bond donors (Lipinski definition) is 1. The molecule has 20 heavy (non-hydrogen) atoms. The minimum atomic E-state index is 0. The summed E-state index contributed by atoms with van der Waals surface area (Å²) in [7, 11) is 3.79. The fourth-order valence-corrected chi connectivity index (χ4v) is 2.67. The Labute approximate surface area is 127 Å².